The van der Waals surface area contributed by atoms with Crippen LogP contribution in [-0.2, 0) is 5.41 Å². The van der Waals surface area contributed by atoms with Gasteiger partial charge >= 0.3 is 12.4 Å². The number of phenolic OH excluding ortho intramolecular Hbond substituents is 1. The van der Waals surface area contributed by atoms with Crippen LogP contribution in [0.1, 0.15) is 11.1 Å². The number of nitrogens with zero attached hydrogens (tertiary/aromatic N) is 1. The van der Waals surface area contributed by atoms with Gasteiger partial charge in [-0.3, -0.25) is 10.1 Å². The van der Waals surface area contributed by atoms with Crippen LogP contribution in [0.2, 0.25) is 0 Å². The predicted molar refractivity (Wildman–Crippen MR) is 101 cm³/mol. The molecule has 3 aromatic rings. The summed E-state index contributed by atoms with van der Waals surface area (Å²) >= 11 is 0. The van der Waals surface area contributed by atoms with Gasteiger partial charge in [0.15, 0.2) is 0 Å². The van der Waals surface area contributed by atoms with E-state index in [1.165, 1.54) is 12.1 Å². The molecule has 3 aromatic carbocycles. The third-order valence-corrected chi connectivity index (χ3v) is 4.72. The molecule has 0 unspecified atom stereocenters. The van der Waals surface area contributed by atoms with Gasteiger partial charge in [-0.05, 0) is 47.5 Å². The maximum atomic E-state index is 14.0. The molecular formula is C21H13F6NO4. The second-order valence-electron chi connectivity index (χ2n) is 6.67. The summed E-state index contributed by atoms with van der Waals surface area (Å²) in [5.74, 6) is -0.467. The van der Waals surface area contributed by atoms with Crippen molar-refractivity contribution >= 4 is 5.69 Å². The molecule has 3 rings (SSSR count). The average Bonchev–Trinajstić information content (AvgIpc) is 2.69. The molecule has 0 bridgehead atoms. The highest BCUT2D eigenvalue weighted by molar-refractivity contribution is 5.47. The van der Waals surface area contributed by atoms with Gasteiger partial charge in [-0.25, -0.2) is 0 Å². The number of aromatic hydroxyl groups is 1. The molecular weight excluding hydrogens is 444 g/mol. The normalized spacial score (nSPS) is 12.4. The minimum Gasteiger partial charge on any atom is -0.508 e. The Morgan fingerprint density at radius 1 is 0.688 bits per heavy atom. The number of benzene rings is 3. The van der Waals surface area contributed by atoms with Crippen LogP contribution in [0.3, 0.4) is 0 Å². The van der Waals surface area contributed by atoms with Gasteiger partial charge < -0.3 is 9.84 Å². The highest BCUT2D eigenvalue weighted by Gasteiger charge is 2.72. The van der Waals surface area contributed by atoms with Crippen LogP contribution in [0.4, 0.5) is 32.0 Å². The van der Waals surface area contributed by atoms with Gasteiger partial charge in [0.25, 0.3) is 5.69 Å². The number of nitro groups is 1. The molecule has 5 nitrogen and oxygen atoms in total. The molecule has 0 spiro atoms. The van der Waals surface area contributed by atoms with Crippen molar-refractivity contribution in [3.63, 3.8) is 0 Å². The van der Waals surface area contributed by atoms with Gasteiger partial charge in [0.2, 0.25) is 5.41 Å². The van der Waals surface area contributed by atoms with Crippen molar-refractivity contribution < 1.29 is 41.1 Å². The summed E-state index contributed by atoms with van der Waals surface area (Å²) in [6.07, 6.45) is -11.5. The van der Waals surface area contributed by atoms with Crippen molar-refractivity contribution in [1.82, 2.24) is 0 Å². The third-order valence-electron chi connectivity index (χ3n) is 4.72. The molecule has 1 N–H and O–H groups in total. The zero-order valence-electron chi connectivity index (χ0n) is 15.8. The Morgan fingerprint density at radius 2 is 1.06 bits per heavy atom. The number of nitro benzene ring substituents is 1. The lowest BCUT2D eigenvalue weighted by atomic mass is 9.73. The largest absolute Gasteiger partial charge is 0.508 e. The Kier molecular flexibility index (Phi) is 5.77. The zero-order chi connectivity index (χ0) is 23.7. The Labute approximate surface area is 176 Å². The minimum atomic E-state index is -5.76. The molecule has 0 saturated heterocycles. The molecule has 32 heavy (non-hydrogen) atoms. The van der Waals surface area contributed by atoms with Gasteiger partial charge in [-0.1, -0.05) is 24.3 Å². The van der Waals surface area contributed by atoms with Crippen LogP contribution in [-0.4, -0.2) is 22.4 Å². The summed E-state index contributed by atoms with van der Waals surface area (Å²) < 4.78 is 89.5. The molecule has 0 heterocycles. The van der Waals surface area contributed by atoms with Crippen molar-refractivity contribution in [2.75, 3.05) is 0 Å². The van der Waals surface area contributed by atoms with Crippen LogP contribution in [0.5, 0.6) is 17.2 Å². The van der Waals surface area contributed by atoms with E-state index in [1.54, 1.807) is 0 Å². The summed E-state index contributed by atoms with van der Waals surface area (Å²) in [5, 5.41) is 20.0. The lowest BCUT2D eigenvalue weighted by Crippen LogP contribution is -2.54. The van der Waals surface area contributed by atoms with Crippen LogP contribution in [0.15, 0.2) is 72.8 Å². The predicted octanol–water partition coefficient (Wildman–Crippen LogP) is 6.50. The molecule has 0 aliphatic rings. The standard InChI is InChI=1S/C21H13F6NO4/c22-20(23,24)19(21(25,26)27,13-1-7-16(29)8-2-13)14-3-9-17(10-4-14)32-18-11-5-15(6-12-18)28(30)31/h1-12,29H. The maximum Gasteiger partial charge on any atom is 0.411 e. The van der Waals surface area contributed by atoms with E-state index in [-0.39, 0.29) is 17.2 Å². The quantitative estimate of drug-likeness (QED) is 0.270. The number of rotatable bonds is 5. The maximum absolute atomic E-state index is 14.0. The van der Waals surface area contributed by atoms with Gasteiger partial charge in [0.05, 0.1) is 4.92 Å². The van der Waals surface area contributed by atoms with Gasteiger partial charge in [0.1, 0.15) is 17.2 Å². The van der Waals surface area contributed by atoms with Crippen molar-refractivity contribution in [2.24, 2.45) is 0 Å². The number of alkyl halides is 6. The molecule has 11 heteroatoms. The molecule has 0 aromatic heterocycles. The summed E-state index contributed by atoms with van der Waals surface area (Å²) in [6.45, 7) is 0. The summed E-state index contributed by atoms with van der Waals surface area (Å²) in [4.78, 5) is 10.0. The smallest absolute Gasteiger partial charge is 0.411 e. The van der Waals surface area contributed by atoms with Gasteiger partial charge in [-0.2, -0.15) is 26.3 Å². The van der Waals surface area contributed by atoms with Crippen molar-refractivity contribution in [3.8, 4) is 17.2 Å². The highest BCUT2D eigenvalue weighted by Crippen LogP contribution is 2.56. The summed E-state index contributed by atoms with van der Waals surface area (Å²) in [6, 6.07) is 10.5. The van der Waals surface area contributed by atoms with E-state index in [0.29, 0.717) is 24.3 Å². The second-order valence-corrected chi connectivity index (χ2v) is 6.67. The number of ether oxygens (including phenoxy) is 1. The first-order valence-corrected chi connectivity index (χ1v) is 8.82. The molecule has 168 valence electrons. The molecule has 0 fully saturated rings. The number of hydrogen-bond donors (Lipinski definition) is 1. The van der Waals surface area contributed by atoms with Crippen LogP contribution >= 0.6 is 0 Å². The molecule has 0 amide bonds. The molecule has 0 aliphatic heterocycles. The Balaban J connectivity index is 2.04. The van der Waals surface area contributed by atoms with E-state index in [9.17, 15) is 41.6 Å². The van der Waals surface area contributed by atoms with E-state index in [4.69, 9.17) is 4.74 Å². The average molecular weight is 457 g/mol. The van der Waals surface area contributed by atoms with E-state index in [0.717, 1.165) is 36.4 Å². The molecule has 0 atom stereocenters. The summed E-state index contributed by atoms with van der Waals surface area (Å²) in [5.41, 5.74) is -6.78. The van der Waals surface area contributed by atoms with E-state index in [1.807, 2.05) is 0 Å². The van der Waals surface area contributed by atoms with Crippen LogP contribution in [0.25, 0.3) is 0 Å². The van der Waals surface area contributed by atoms with Gasteiger partial charge in [-0.15, -0.1) is 0 Å². The first-order chi connectivity index (χ1) is 14.9. The molecule has 0 saturated carbocycles. The van der Waals surface area contributed by atoms with E-state index < -0.39 is 39.6 Å². The van der Waals surface area contributed by atoms with Crippen LogP contribution < -0.4 is 4.74 Å². The molecule has 0 aliphatic carbocycles. The van der Waals surface area contributed by atoms with Crippen LogP contribution in [0, 0.1) is 10.1 Å². The number of halogens is 6. The topological polar surface area (TPSA) is 72.6 Å². The van der Waals surface area contributed by atoms with Crippen molar-refractivity contribution in [1.29, 1.82) is 0 Å². The third kappa shape index (κ3) is 4.05. The Hall–Kier alpha value is -3.76. The van der Waals surface area contributed by atoms with Crippen molar-refractivity contribution in [2.45, 2.75) is 17.8 Å². The fourth-order valence-corrected chi connectivity index (χ4v) is 3.24. The Morgan fingerprint density at radius 3 is 1.44 bits per heavy atom. The fraction of sp³-hybridized carbons (Fsp3) is 0.143. The van der Waals surface area contributed by atoms with Gasteiger partial charge in [0, 0.05) is 12.1 Å². The SMILES string of the molecule is O=[N+]([O-])c1ccc(Oc2ccc(C(c3ccc(O)cc3)(C(F)(F)F)C(F)(F)F)cc2)cc1. The summed E-state index contributed by atoms with van der Waals surface area (Å²) in [7, 11) is 0. The fourth-order valence-electron chi connectivity index (χ4n) is 3.24. The first kappa shape index (κ1) is 22.9. The lowest BCUT2D eigenvalue weighted by Gasteiger charge is -2.38. The Bertz CT molecular complexity index is 1080. The lowest BCUT2D eigenvalue weighted by molar-refractivity contribution is -0.384. The zero-order valence-corrected chi connectivity index (χ0v) is 15.8. The van der Waals surface area contributed by atoms with E-state index >= 15 is 0 Å². The van der Waals surface area contributed by atoms with Crippen molar-refractivity contribution in [3.05, 3.63) is 94.0 Å². The number of phenols is 1. The highest BCUT2D eigenvalue weighted by atomic mass is 19.4. The van der Waals surface area contributed by atoms with E-state index in [2.05, 4.69) is 0 Å². The molecule has 0 radical (unpaired) electrons. The monoisotopic (exact) mass is 457 g/mol. The second kappa shape index (κ2) is 8.06. The minimum absolute atomic E-state index is 0.0773. The number of hydrogen-bond acceptors (Lipinski definition) is 4. The number of non-ortho nitro benzene ring substituents is 1. The first-order valence-electron chi connectivity index (χ1n) is 8.82.